The molecular formula is C21H33ClN2O2. The molecule has 146 valence electrons. The van der Waals surface area contributed by atoms with E-state index in [4.69, 9.17) is 16.3 Å². The summed E-state index contributed by atoms with van der Waals surface area (Å²) in [7, 11) is 1.71. The SMILES string of the molecule is COCC[C@]1(O)CCN(C2CCN(c3ccc(C)c(Cl)c3)CC2)C[C@H]1C. The monoisotopic (exact) mass is 380 g/mol. The zero-order chi connectivity index (χ0) is 18.7. The van der Waals surface area contributed by atoms with Crippen LogP contribution in [0.25, 0.3) is 0 Å². The third-order valence-electron chi connectivity index (χ3n) is 6.50. The van der Waals surface area contributed by atoms with Gasteiger partial charge in [-0.15, -0.1) is 0 Å². The van der Waals surface area contributed by atoms with Crippen LogP contribution in [0, 0.1) is 12.8 Å². The van der Waals surface area contributed by atoms with Gasteiger partial charge >= 0.3 is 0 Å². The summed E-state index contributed by atoms with van der Waals surface area (Å²) >= 11 is 6.29. The van der Waals surface area contributed by atoms with E-state index in [2.05, 4.69) is 34.9 Å². The summed E-state index contributed by atoms with van der Waals surface area (Å²) < 4.78 is 5.18. The first-order chi connectivity index (χ1) is 12.4. The Kier molecular flexibility index (Phi) is 6.50. The first kappa shape index (κ1) is 19.9. The maximum Gasteiger partial charge on any atom is 0.0719 e. The molecular weight excluding hydrogens is 348 g/mol. The van der Waals surface area contributed by atoms with E-state index in [0.717, 1.165) is 49.6 Å². The lowest BCUT2D eigenvalue weighted by Gasteiger charge is -2.48. The molecule has 3 rings (SSSR count). The molecule has 1 aromatic rings. The van der Waals surface area contributed by atoms with Crippen molar-refractivity contribution < 1.29 is 9.84 Å². The van der Waals surface area contributed by atoms with Crippen LogP contribution in [-0.4, -0.2) is 61.5 Å². The second kappa shape index (κ2) is 8.47. The van der Waals surface area contributed by atoms with E-state index in [0.29, 0.717) is 18.6 Å². The summed E-state index contributed by atoms with van der Waals surface area (Å²) in [5, 5.41) is 11.8. The molecule has 1 aromatic carbocycles. The number of benzene rings is 1. The van der Waals surface area contributed by atoms with Gasteiger partial charge in [-0.3, -0.25) is 4.90 Å². The predicted molar refractivity (Wildman–Crippen MR) is 108 cm³/mol. The van der Waals surface area contributed by atoms with Crippen LogP contribution in [0.3, 0.4) is 0 Å². The summed E-state index contributed by atoms with van der Waals surface area (Å²) in [6.07, 6.45) is 3.94. The first-order valence-corrected chi connectivity index (χ1v) is 10.3. The van der Waals surface area contributed by atoms with Crippen molar-refractivity contribution in [2.75, 3.05) is 44.8 Å². The molecule has 0 radical (unpaired) electrons. The van der Waals surface area contributed by atoms with Gasteiger partial charge in [0, 0.05) is 56.6 Å². The largest absolute Gasteiger partial charge is 0.389 e. The van der Waals surface area contributed by atoms with Gasteiger partial charge in [0.15, 0.2) is 0 Å². The standard InChI is InChI=1S/C21H33ClN2O2/c1-16-4-5-19(14-20(16)22)23-10-6-18(7-11-23)24-12-8-21(25,9-13-26-3)17(2)15-24/h4-5,14,17-18,25H,6-13,15H2,1-3H3/t17-,21-/m1/s1. The molecule has 4 nitrogen and oxygen atoms in total. The van der Waals surface area contributed by atoms with Crippen molar-refractivity contribution in [2.24, 2.45) is 5.92 Å². The Morgan fingerprint density at radius 3 is 2.62 bits per heavy atom. The Hall–Kier alpha value is -0.810. The third-order valence-corrected chi connectivity index (χ3v) is 6.91. The first-order valence-electron chi connectivity index (χ1n) is 9.89. The number of aryl methyl sites for hydroxylation is 1. The molecule has 2 atom stereocenters. The van der Waals surface area contributed by atoms with Crippen molar-refractivity contribution in [1.82, 2.24) is 4.90 Å². The number of nitrogens with zero attached hydrogens (tertiary/aromatic N) is 2. The quantitative estimate of drug-likeness (QED) is 0.844. The van der Waals surface area contributed by atoms with Gasteiger partial charge in [0.1, 0.15) is 0 Å². The normalized spacial score (nSPS) is 28.5. The van der Waals surface area contributed by atoms with E-state index >= 15 is 0 Å². The number of anilines is 1. The Morgan fingerprint density at radius 2 is 2.00 bits per heavy atom. The van der Waals surface area contributed by atoms with E-state index in [9.17, 15) is 5.11 Å². The van der Waals surface area contributed by atoms with Crippen molar-refractivity contribution in [2.45, 2.75) is 51.2 Å². The number of rotatable bonds is 5. The zero-order valence-corrected chi connectivity index (χ0v) is 17.1. The number of methoxy groups -OCH3 is 1. The maximum absolute atomic E-state index is 10.9. The number of piperidine rings is 2. The molecule has 2 fully saturated rings. The molecule has 1 N–H and O–H groups in total. The molecule has 0 unspecified atom stereocenters. The van der Waals surface area contributed by atoms with Gasteiger partial charge in [0.2, 0.25) is 0 Å². The van der Waals surface area contributed by atoms with Crippen molar-refractivity contribution in [1.29, 1.82) is 0 Å². The number of aliphatic hydroxyl groups is 1. The van der Waals surface area contributed by atoms with E-state index in [-0.39, 0.29) is 0 Å². The third kappa shape index (κ3) is 4.36. The number of hydrogen-bond acceptors (Lipinski definition) is 4. The molecule has 0 saturated carbocycles. The van der Waals surface area contributed by atoms with Gasteiger partial charge in [-0.05, 0) is 56.2 Å². The fraction of sp³-hybridized carbons (Fsp3) is 0.714. The number of hydrogen-bond donors (Lipinski definition) is 1. The van der Waals surface area contributed by atoms with Crippen molar-refractivity contribution in [3.63, 3.8) is 0 Å². The van der Waals surface area contributed by atoms with Crippen molar-refractivity contribution in [3.05, 3.63) is 28.8 Å². The number of halogens is 1. The van der Waals surface area contributed by atoms with E-state index in [1.807, 2.05) is 6.92 Å². The summed E-state index contributed by atoms with van der Waals surface area (Å²) in [5.41, 5.74) is 1.81. The van der Waals surface area contributed by atoms with Crippen molar-refractivity contribution >= 4 is 17.3 Å². The lowest BCUT2D eigenvalue weighted by atomic mass is 9.79. The van der Waals surface area contributed by atoms with E-state index in [1.165, 1.54) is 18.5 Å². The van der Waals surface area contributed by atoms with Crippen LogP contribution < -0.4 is 4.90 Å². The molecule has 0 bridgehead atoms. The Morgan fingerprint density at radius 1 is 1.27 bits per heavy atom. The minimum absolute atomic E-state index is 0.292. The predicted octanol–water partition coefficient (Wildman–Crippen LogP) is 3.73. The lowest BCUT2D eigenvalue weighted by Crippen LogP contribution is -2.55. The molecule has 26 heavy (non-hydrogen) atoms. The summed E-state index contributed by atoms with van der Waals surface area (Å²) in [6, 6.07) is 7.01. The van der Waals surface area contributed by atoms with Crippen LogP contribution >= 0.6 is 11.6 Å². The van der Waals surface area contributed by atoms with Crippen LogP contribution in [0.4, 0.5) is 5.69 Å². The molecule has 2 saturated heterocycles. The van der Waals surface area contributed by atoms with Crippen LogP contribution in [0.1, 0.15) is 38.2 Å². The molecule has 2 aliphatic heterocycles. The van der Waals surface area contributed by atoms with Gasteiger partial charge in [-0.1, -0.05) is 24.6 Å². The smallest absolute Gasteiger partial charge is 0.0719 e. The molecule has 0 amide bonds. The highest BCUT2D eigenvalue weighted by Gasteiger charge is 2.40. The highest BCUT2D eigenvalue weighted by molar-refractivity contribution is 6.31. The molecule has 2 heterocycles. The molecule has 0 aliphatic carbocycles. The van der Waals surface area contributed by atoms with Gasteiger partial charge in [-0.25, -0.2) is 0 Å². The Labute approximate surface area is 163 Å². The average molecular weight is 381 g/mol. The molecule has 0 aromatic heterocycles. The summed E-state index contributed by atoms with van der Waals surface area (Å²) in [4.78, 5) is 5.05. The maximum atomic E-state index is 10.9. The molecule has 5 heteroatoms. The van der Waals surface area contributed by atoms with Gasteiger partial charge < -0.3 is 14.7 Å². The van der Waals surface area contributed by atoms with E-state index < -0.39 is 5.60 Å². The number of ether oxygens (including phenoxy) is 1. The second-order valence-corrected chi connectivity index (χ2v) is 8.55. The molecule has 2 aliphatic rings. The van der Waals surface area contributed by atoms with Gasteiger partial charge in [0.25, 0.3) is 0 Å². The summed E-state index contributed by atoms with van der Waals surface area (Å²) in [5.74, 6) is 0.292. The minimum atomic E-state index is -0.564. The van der Waals surface area contributed by atoms with Crippen LogP contribution in [0.2, 0.25) is 5.02 Å². The fourth-order valence-corrected chi connectivity index (χ4v) is 4.62. The van der Waals surface area contributed by atoms with Gasteiger partial charge in [-0.2, -0.15) is 0 Å². The topological polar surface area (TPSA) is 35.9 Å². The molecule has 0 spiro atoms. The lowest BCUT2D eigenvalue weighted by molar-refractivity contribution is -0.0898. The average Bonchev–Trinajstić information content (AvgIpc) is 2.65. The fourth-order valence-electron chi connectivity index (χ4n) is 4.45. The van der Waals surface area contributed by atoms with Crippen LogP contribution in [0.5, 0.6) is 0 Å². The van der Waals surface area contributed by atoms with Crippen molar-refractivity contribution in [3.8, 4) is 0 Å². The zero-order valence-electron chi connectivity index (χ0n) is 16.4. The highest BCUT2D eigenvalue weighted by atomic mass is 35.5. The highest BCUT2D eigenvalue weighted by Crippen LogP contribution is 2.34. The van der Waals surface area contributed by atoms with Gasteiger partial charge in [0.05, 0.1) is 5.60 Å². The Balaban J connectivity index is 1.53. The Bertz CT molecular complexity index is 604. The summed E-state index contributed by atoms with van der Waals surface area (Å²) in [6.45, 7) is 8.99. The van der Waals surface area contributed by atoms with Crippen LogP contribution in [-0.2, 0) is 4.74 Å². The second-order valence-electron chi connectivity index (χ2n) is 8.14. The van der Waals surface area contributed by atoms with Crippen LogP contribution in [0.15, 0.2) is 18.2 Å². The minimum Gasteiger partial charge on any atom is -0.389 e. The number of likely N-dealkylation sites (tertiary alicyclic amines) is 1. The van der Waals surface area contributed by atoms with E-state index in [1.54, 1.807) is 7.11 Å².